The topological polar surface area (TPSA) is 58.6 Å². The van der Waals surface area contributed by atoms with Gasteiger partial charge in [-0.1, -0.05) is 36.4 Å². The first-order valence-corrected chi connectivity index (χ1v) is 6.70. The van der Waals surface area contributed by atoms with Gasteiger partial charge >= 0.3 is 0 Å². The Morgan fingerprint density at radius 2 is 2.00 bits per heavy atom. The van der Waals surface area contributed by atoms with Crippen LogP contribution in [0, 0.1) is 0 Å². The summed E-state index contributed by atoms with van der Waals surface area (Å²) in [7, 11) is 1.62. The van der Waals surface area contributed by atoms with Gasteiger partial charge in [-0.2, -0.15) is 0 Å². The van der Waals surface area contributed by atoms with Crippen LogP contribution >= 0.6 is 0 Å². The summed E-state index contributed by atoms with van der Waals surface area (Å²) in [6.45, 7) is 2.99. The zero-order chi connectivity index (χ0) is 15.5. The van der Waals surface area contributed by atoms with Crippen molar-refractivity contribution in [2.24, 2.45) is 0 Å². The number of hydrogen-bond donors (Lipinski definition) is 2. The van der Waals surface area contributed by atoms with E-state index in [9.17, 15) is 9.90 Å². The molecule has 0 aliphatic carbocycles. The van der Waals surface area contributed by atoms with Crippen LogP contribution in [0.4, 0.5) is 0 Å². The normalized spacial score (nSPS) is 12.7. The number of aliphatic hydroxyl groups excluding tert-OH is 1. The van der Waals surface area contributed by atoms with Gasteiger partial charge in [-0.25, -0.2) is 0 Å². The van der Waals surface area contributed by atoms with E-state index in [1.54, 1.807) is 20.1 Å². The molecule has 2 N–H and O–H groups in total. The van der Waals surface area contributed by atoms with E-state index in [0.29, 0.717) is 13.2 Å². The third-order valence-corrected chi connectivity index (χ3v) is 2.61. The van der Waals surface area contributed by atoms with Crippen molar-refractivity contribution in [3.05, 3.63) is 65.6 Å². The van der Waals surface area contributed by atoms with Crippen molar-refractivity contribution >= 4 is 11.9 Å². The summed E-state index contributed by atoms with van der Waals surface area (Å²) in [5.41, 5.74) is 1.69. The fraction of sp³-hybridized carbons (Fsp3) is 0.235. The van der Waals surface area contributed by atoms with Crippen LogP contribution in [0.25, 0.3) is 6.08 Å². The minimum Gasteiger partial charge on any atom is -0.508 e. The van der Waals surface area contributed by atoms with E-state index in [-0.39, 0.29) is 11.5 Å². The second kappa shape index (κ2) is 9.55. The van der Waals surface area contributed by atoms with Gasteiger partial charge in [-0.05, 0) is 18.6 Å². The lowest BCUT2D eigenvalue weighted by Gasteiger charge is -2.04. The Kier molecular flexibility index (Phi) is 7.61. The van der Waals surface area contributed by atoms with E-state index < -0.39 is 0 Å². The molecule has 112 valence electrons. The molecule has 0 aliphatic rings. The van der Waals surface area contributed by atoms with Crippen molar-refractivity contribution in [3.8, 4) is 0 Å². The number of allylic oxidation sites excluding steroid dienone is 4. The Labute approximate surface area is 125 Å². The van der Waals surface area contributed by atoms with Gasteiger partial charge in [0.05, 0.1) is 6.61 Å². The first kappa shape index (κ1) is 16.7. The molecule has 0 spiro atoms. The molecule has 1 rings (SSSR count). The third kappa shape index (κ3) is 7.74. The van der Waals surface area contributed by atoms with Gasteiger partial charge in [0.15, 0.2) is 5.78 Å². The van der Waals surface area contributed by atoms with Crippen molar-refractivity contribution in [3.63, 3.8) is 0 Å². The van der Waals surface area contributed by atoms with Crippen LogP contribution < -0.4 is 5.32 Å². The minimum atomic E-state index is -0.271. The van der Waals surface area contributed by atoms with Crippen molar-refractivity contribution in [1.82, 2.24) is 5.32 Å². The van der Waals surface area contributed by atoms with Crippen molar-refractivity contribution in [2.75, 3.05) is 20.3 Å². The summed E-state index contributed by atoms with van der Waals surface area (Å²) in [6.07, 6.45) is 5.85. The number of ketones is 1. The van der Waals surface area contributed by atoms with Gasteiger partial charge in [0.1, 0.15) is 5.76 Å². The molecule has 0 aromatic heterocycles. The Bertz CT molecular complexity index is 530. The molecule has 0 bridgehead atoms. The summed E-state index contributed by atoms with van der Waals surface area (Å²) in [6, 6.07) is 9.55. The van der Waals surface area contributed by atoms with Crippen LogP contribution in [0.15, 0.2) is 60.0 Å². The molecule has 0 atom stereocenters. The highest BCUT2D eigenvalue weighted by Gasteiger charge is 1.97. The fourth-order valence-electron chi connectivity index (χ4n) is 1.60. The molecule has 1 aromatic carbocycles. The Balaban J connectivity index is 2.54. The number of hydrogen-bond acceptors (Lipinski definition) is 4. The molecule has 0 heterocycles. The molecule has 0 unspecified atom stereocenters. The SMILES string of the molecule is COCCN/C(C)=C\C(=O)/C=C(O)/C=C/c1ccccc1. The first-order valence-electron chi connectivity index (χ1n) is 6.70. The highest BCUT2D eigenvalue weighted by molar-refractivity contribution is 6.00. The summed E-state index contributed by atoms with van der Waals surface area (Å²) in [4.78, 5) is 11.7. The van der Waals surface area contributed by atoms with Crippen LogP contribution in [-0.4, -0.2) is 31.2 Å². The lowest BCUT2D eigenvalue weighted by molar-refractivity contribution is -0.110. The van der Waals surface area contributed by atoms with Gasteiger partial charge in [0.2, 0.25) is 0 Å². The summed E-state index contributed by atoms with van der Waals surface area (Å²) in [5, 5.41) is 12.7. The molecule has 0 saturated heterocycles. The van der Waals surface area contributed by atoms with Crippen LogP contribution in [-0.2, 0) is 9.53 Å². The standard InChI is InChI=1S/C17H21NO3/c1-14(18-10-11-21-2)12-17(20)13-16(19)9-8-15-6-4-3-5-7-15/h3-9,12-13,18-19H,10-11H2,1-2H3/b9-8+,14-12-,16-13-. The number of aliphatic hydroxyl groups is 1. The second-order valence-corrected chi connectivity index (χ2v) is 4.46. The maximum absolute atomic E-state index is 11.7. The number of carbonyl (C=O) groups is 1. The lowest BCUT2D eigenvalue weighted by atomic mass is 10.2. The van der Waals surface area contributed by atoms with E-state index in [1.807, 2.05) is 30.3 Å². The molecular formula is C17H21NO3. The van der Waals surface area contributed by atoms with E-state index in [1.165, 1.54) is 18.2 Å². The average Bonchev–Trinajstić information content (AvgIpc) is 2.46. The summed E-state index contributed by atoms with van der Waals surface area (Å²) in [5.74, 6) is -0.350. The predicted octanol–water partition coefficient (Wildman–Crippen LogP) is 2.85. The highest BCUT2D eigenvalue weighted by atomic mass is 16.5. The molecule has 4 heteroatoms. The number of carbonyl (C=O) groups excluding carboxylic acids is 1. The fourth-order valence-corrected chi connectivity index (χ4v) is 1.60. The number of rotatable bonds is 8. The van der Waals surface area contributed by atoms with E-state index in [4.69, 9.17) is 4.74 Å². The van der Waals surface area contributed by atoms with Crippen molar-refractivity contribution < 1.29 is 14.6 Å². The first-order chi connectivity index (χ1) is 10.1. The van der Waals surface area contributed by atoms with Crippen molar-refractivity contribution in [2.45, 2.75) is 6.92 Å². The largest absolute Gasteiger partial charge is 0.508 e. The van der Waals surface area contributed by atoms with Gasteiger partial charge in [-0.15, -0.1) is 0 Å². The number of methoxy groups -OCH3 is 1. The van der Waals surface area contributed by atoms with Gasteiger partial charge in [-0.3, -0.25) is 4.79 Å². The predicted molar refractivity (Wildman–Crippen MR) is 84.8 cm³/mol. The maximum Gasteiger partial charge on any atom is 0.184 e. The Hall–Kier alpha value is -2.33. The molecule has 4 nitrogen and oxygen atoms in total. The Morgan fingerprint density at radius 1 is 1.29 bits per heavy atom. The van der Waals surface area contributed by atoms with Crippen LogP contribution in [0.3, 0.4) is 0 Å². The average molecular weight is 287 g/mol. The molecule has 0 fully saturated rings. The van der Waals surface area contributed by atoms with Gasteiger partial charge < -0.3 is 15.2 Å². The van der Waals surface area contributed by atoms with Crippen molar-refractivity contribution in [1.29, 1.82) is 0 Å². The summed E-state index contributed by atoms with van der Waals surface area (Å²) < 4.78 is 4.90. The lowest BCUT2D eigenvalue weighted by Crippen LogP contribution is -2.17. The smallest absolute Gasteiger partial charge is 0.184 e. The molecular weight excluding hydrogens is 266 g/mol. The Morgan fingerprint density at radius 3 is 2.67 bits per heavy atom. The summed E-state index contributed by atoms with van der Waals surface area (Å²) >= 11 is 0. The third-order valence-electron chi connectivity index (χ3n) is 2.61. The van der Waals surface area contributed by atoms with E-state index >= 15 is 0 Å². The zero-order valence-corrected chi connectivity index (χ0v) is 12.4. The molecule has 1 aromatic rings. The number of nitrogens with one attached hydrogen (secondary N) is 1. The van der Waals surface area contributed by atoms with E-state index in [2.05, 4.69) is 5.32 Å². The second-order valence-electron chi connectivity index (χ2n) is 4.46. The molecule has 21 heavy (non-hydrogen) atoms. The van der Waals surface area contributed by atoms with Gasteiger partial charge in [0, 0.05) is 31.5 Å². The molecule has 0 amide bonds. The van der Waals surface area contributed by atoms with Crippen LogP contribution in [0.2, 0.25) is 0 Å². The highest BCUT2D eigenvalue weighted by Crippen LogP contribution is 2.03. The van der Waals surface area contributed by atoms with E-state index in [0.717, 1.165) is 11.3 Å². The molecule has 0 aliphatic heterocycles. The van der Waals surface area contributed by atoms with Gasteiger partial charge in [0.25, 0.3) is 0 Å². The van der Waals surface area contributed by atoms with Crippen LogP contribution in [0.1, 0.15) is 12.5 Å². The zero-order valence-electron chi connectivity index (χ0n) is 12.4. The maximum atomic E-state index is 11.7. The quantitative estimate of drug-likeness (QED) is 0.334. The number of ether oxygens (including phenoxy) is 1. The minimum absolute atomic E-state index is 0.0789. The number of benzene rings is 1. The van der Waals surface area contributed by atoms with Crippen LogP contribution in [0.5, 0.6) is 0 Å². The molecule has 0 saturated carbocycles. The molecule has 0 radical (unpaired) electrons. The monoisotopic (exact) mass is 287 g/mol.